The van der Waals surface area contributed by atoms with Crippen LogP contribution in [0.4, 0.5) is 15.8 Å². The number of sulfonamides is 2. The second-order valence-corrected chi connectivity index (χ2v) is 9.78. The van der Waals surface area contributed by atoms with Gasteiger partial charge in [-0.25, -0.2) is 21.2 Å². The molecule has 7 nitrogen and oxygen atoms in total. The molecule has 30 heavy (non-hydrogen) atoms. The Hall–Kier alpha value is -2.82. The molecule has 0 unspecified atom stereocenters. The highest BCUT2D eigenvalue weighted by atomic mass is 35.5. The number of nitrogens with one attached hydrogen (secondary N) is 2. The number of methoxy groups -OCH3 is 1. The monoisotopic (exact) mass is 470 g/mol. The predicted molar refractivity (Wildman–Crippen MR) is 112 cm³/mol. The van der Waals surface area contributed by atoms with E-state index in [4.69, 9.17) is 16.3 Å². The van der Waals surface area contributed by atoms with Gasteiger partial charge >= 0.3 is 0 Å². The number of halogens is 2. The van der Waals surface area contributed by atoms with Crippen molar-refractivity contribution < 1.29 is 26.0 Å². The molecule has 0 heterocycles. The van der Waals surface area contributed by atoms with Crippen LogP contribution in [0.2, 0.25) is 5.02 Å². The number of ether oxygens (including phenoxy) is 1. The predicted octanol–water partition coefficient (Wildman–Crippen LogP) is 4.09. The van der Waals surface area contributed by atoms with E-state index in [1.165, 1.54) is 49.6 Å². The molecule has 0 saturated carbocycles. The summed E-state index contributed by atoms with van der Waals surface area (Å²) in [5.74, 6) is -0.275. The number of anilines is 2. The van der Waals surface area contributed by atoms with Gasteiger partial charge in [0.25, 0.3) is 20.0 Å². The quantitative estimate of drug-likeness (QED) is 0.541. The number of rotatable bonds is 7. The topological polar surface area (TPSA) is 102 Å². The van der Waals surface area contributed by atoms with Crippen molar-refractivity contribution in [2.24, 2.45) is 0 Å². The average Bonchev–Trinajstić information content (AvgIpc) is 2.69. The summed E-state index contributed by atoms with van der Waals surface area (Å²) in [5, 5.41) is 0.102. The minimum atomic E-state index is -4.08. The Morgan fingerprint density at radius 3 is 1.80 bits per heavy atom. The maximum absolute atomic E-state index is 13.1. The Morgan fingerprint density at radius 1 is 0.800 bits per heavy atom. The molecule has 0 aliphatic heterocycles. The molecule has 0 saturated heterocycles. The summed E-state index contributed by atoms with van der Waals surface area (Å²) in [6.07, 6.45) is 0. The molecule has 0 fully saturated rings. The molecule has 3 aromatic rings. The molecule has 0 bridgehead atoms. The molecule has 3 aromatic carbocycles. The Bertz CT molecular complexity index is 1280. The molecule has 0 amide bonds. The highest BCUT2D eigenvalue weighted by Gasteiger charge is 2.20. The van der Waals surface area contributed by atoms with E-state index in [-0.39, 0.29) is 26.2 Å². The van der Waals surface area contributed by atoms with Gasteiger partial charge in [-0.05, 0) is 54.6 Å². The lowest BCUT2D eigenvalue weighted by molar-refractivity contribution is 0.414. The Morgan fingerprint density at radius 2 is 1.30 bits per heavy atom. The molecule has 0 radical (unpaired) electrons. The van der Waals surface area contributed by atoms with E-state index in [0.717, 1.165) is 24.3 Å². The summed E-state index contributed by atoms with van der Waals surface area (Å²) in [6, 6.07) is 14.0. The van der Waals surface area contributed by atoms with Crippen LogP contribution in [-0.4, -0.2) is 23.9 Å². The second-order valence-electron chi connectivity index (χ2n) is 6.01. The molecule has 0 aliphatic carbocycles. The van der Waals surface area contributed by atoms with Crippen molar-refractivity contribution in [3.63, 3.8) is 0 Å². The fraction of sp³-hybridized carbons (Fsp3) is 0.0526. The van der Waals surface area contributed by atoms with Gasteiger partial charge in [0.15, 0.2) is 0 Å². The fourth-order valence-corrected chi connectivity index (χ4v) is 5.00. The molecular formula is C19H16ClFN2O5S2. The minimum Gasteiger partial charge on any atom is -0.495 e. The first kappa shape index (κ1) is 21.9. The van der Waals surface area contributed by atoms with Crippen LogP contribution in [0.1, 0.15) is 0 Å². The van der Waals surface area contributed by atoms with Gasteiger partial charge < -0.3 is 4.74 Å². The van der Waals surface area contributed by atoms with Gasteiger partial charge in [-0.2, -0.15) is 0 Å². The van der Waals surface area contributed by atoms with Crippen molar-refractivity contribution in [1.29, 1.82) is 0 Å². The van der Waals surface area contributed by atoms with E-state index in [0.29, 0.717) is 5.75 Å². The van der Waals surface area contributed by atoms with E-state index in [2.05, 4.69) is 9.44 Å². The van der Waals surface area contributed by atoms with Crippen LogP contribution in [0.5, 0.6) is 5.75 Å². The van der Waals surface area contributed by atoms with Crippen molar-refractivity contribution in [3.05, 3.63) is 77.6 Å². The number of hydrogen-bond acceptors (Lipinski definition) is 5. The Labute approximate surface area is 178 Å². The molecule has 3 rings (SSSR count). The highest BCUT2D eigenvalue weighted by molar-refractivity contribution is 7.93. The van der Waals surface area contributed by atoms with Crippen LogP contribution in [0.3, 0.4) is 0 Å². The van der Waals surface area contributed by atoms with E-state index in [1.54, 1.807) is 0 Å². The van der Waals surface area contributed by atoms with E-state index < -0.39 is 25.9 Å². The zero-order valence-electron chi connectivity index (χ0n) is 15.5. The Kier molecular flexibility index (Phi) is 6.20. The molecule has 158 valence electrons. The standard InChI is InChI=1S/C19H16ClFN2O5S2/c1-28-19-11-10-15(12-16(19)20)30(26,27)23-18-5-3-2-4-17(18)22-29(24,25)14-8-6-13(21)7-9-14/h2-12,22-23H,1H3. The van der Waals surface area contributed by atoms with Crippen LogP contribution in [0.15, 0.2) is 76.5 Å². The molecule has 2 N–H and O–H groups in total. The molecule has 11 heteroatoms. The highest BCUT2D eigenvalue weighted by Crippen LogP contribution is 2.30. The first-order valence-corrected chi connectivity index (χ1v) is 11.7. The summed E-state index contributed by atoms with van der Waals surface area (Å²) < 4.78 is 73.4. The zero-order chi connectivity index (χ0) is 21.9. The summed E-state index contributed by atoms with van der Waals surface area (Å²) in [6.45, 7) is 0. The van der Waals surface area contributed by atoms with Gasteiger partial charge in [0.05, 0.1) is 33.3 Å². The third-order valence-corrected chi connectivity index (χ3v) is 7.01. The number of hydrogen-bond donors (Lipinski definition) is 2. The Balaban J connectivity index is 1.92. The molecular weight excluding hydrogens is 455 g/mol. The summed E-state index contributed by atoms with van der Waals surface area (Å²) in [7, 11) is -6.76. The fourth-order valence-electron chi connectivity index (χ4n) is 2.50. The third-order valence-electron chi connectivity index (χ3n) is 3.97. The summed E-state index contributed by atoms with van der Waals surface area (Å²) >= 11 is 6.00. The van der Waals surface area contributed by atoms with Crippen molar-refractivity contribution in [3.8, 4) is 5.75 Å². The number of para-hydroxylation sites is 2. The van der Waals surface area contributed by atoms with Gasteiger partial charge in [-0.15, -0.1) is 0 Å². The average molecular weight is 471 g/mol. The second kappa shape index (κ2) is 8.50. The molecule has 0 aliphatic rings. The van der Waals surface area contributed by atoms with Crippen LogP contribution in [0, 0.1) is 5.82 Å². The third kappa shape index (κ3) is 4.84. The first-order chi connectivity index (χ1) is 14.1. The smallest absolute Gasteiger partial charge is 0.262 e. The molecule has 0 spiro atoms. The van der Waals surface area contributed by atoms with E-state index in [1.807, 2.05) is 0 Å². The van der Waals surface area contributed by atoms with Crippen LogP contribution >= 0.6 is 11.6 Å². The van der Waals surface area contributed by atoms with Crippen molar-refractivity contribution in [1.82, 2.24) is 0 Å². The SMILES string of the molecule is COc1ccc(S(=O)(=O)Nc2ccccc2NS(=O)(=O)c2ccc(F)cc2)cc1Cl. The number of benzene rings is 3. The van der Waals surface area contributed by atoms with Crippen LogP contribution in [0.25, 0.3) is 0 Å². The van der Waals surface area contributed by atoms with Gasteiger partial charge in [-0.3, -0.25) is 9.44 Å². The van der Waals surface area contributed by atoms with E-state index >= 15 is 0 Å². The summed E-state index contributed by atoms with van der Waals surface area (Å²) in [4.78, 5) is -0.312. The van der Waals surface area contributed by atoms with Gasteiger partial charge in [0.2, 0.25) is 0 Å². The van der Waals surface area contributed by atoms with Gasteiger partial charge in [0.1, 0.15) is 11.6 Å². The largest absolute Gasteiger partial charge is 0.495 e. The maximum atomic E-state index is 13.1. The molecule has 0 aromatic heterocycles. The minimum absolute atomic E-state index is 0.00451. The van der Waals surface area contributed by atoms with Crippen molar-refractivity contribution in [2.75, 3.05) is 16.6 Å². The van der Waals surface area contributed by atoms with E-state index in [9.17, 15) is 21.2 Å². The maximum Gasteiger partial charge on any atom is 0.262 e. The van der Waals surface area contributed by atoms with Crippen LogP contribution < -0.4 is 14.2 Å². The normalized spacial score (nSPS) is 11.7. The van der Waals surface area contributed by atoms with Crippen molar-refractivity contribution >= 4 is 43.0 Å². The lowest BCUT2D eigenvalue weighted by atomic mass is 10.3. The van der Waals surface area contributed by atoms with Crippen LogP contribution in [-0.2, 0) is 20.0 Å². The molecule has 0 atom stereocenters. The van der Waals surface area contributed by atoms with Gasteiger partial charge in [0, 0.05) is 0 Å². The van der Waals surface area contributed by atoms with Crippen molar-refractivity contribution in [2.45, 2.75) is 9.79 Å². The van der Waals surface area contributed by atoms with Gasteiger partial charge in [-0.1, -0.05) is 23.7 Å². The zero-order valence-corrected chi connectivity index (χ0v) is 17.9. The summed E-state index contributed by atoms with van der Waals surface area (Å²) in [5.41, 5.74) is -0.0138. The lowest BCUT2D eigenvalue weighted by Crippen LogP contribution is -2.17. The lowest BCUT2D eigenvalue weighted by Gasteiger charge is -2.15. The first-order valence-electron chi connectivity index (χ1n) is 8.36.